The van der Waals surface area contributed by atoms with Crippen LogP contribution >= 0.6 is 15.9 Å². The minimum Gasteiger partial charge on any atom is -0.507 e. The number of phenolic OH excluding ortho intramolecular Hbond substituents is 1. The summed E-state index contributed by atoms with van der Waals surface area (Å²) in [6.07, 6.45) is -2.65. The molecule has 0 aliphatic rings. The van der Waals surface area contributed by atoms with E-state index in [9.17, 15) is 18.7 Å². The number of rotatable bonds is 3. The van der Waals surface area contributed by atoms with Crippen LogP contribution in [0.5, 0.6) is 5.75 Å². The molecule has 1 aromatic rings. The van der Waals surface area contributed by atoms with Gasteiger partial charge < -0.3 is 5.11 Å². The Kier molecular flexibility index (Phi) is 3.79. The minimum atomic E-state index is -2.65. The van der Waals surface area contributed by atoms with E-state index in [0.717, 1.165) is 18.2 Å². The monoisotopic (exact) mass is 278 g/mol. The summed E-state index contributed by atoms with van der Waals surface area (Å²) < 4.78 is 24.7. The highest BCUT2D eigenvalue weighted by atomic mass is 79.9. The normalized spacial score (nSPS) is 12.9. The molecule has 1 rings (SSSR count). The first-order chi connectivity index (χ1) is 6.93. The molecule has 0 spiro atoms. The van der Waals surface area contributed by atoms with E-state index in [0.29, 0.717) is 0 Å². The lowest BCUT2D eigenvalue weighted by atomic mass is 10.0. The zero-order valence-corrected chi connectivity index (χ0v) is 9.46. The Bertz CT molecular complexity index is 378. The molecular formula is C10H9BrF2O2. The third-order valence-corrected chi connectivity index (χ3v) is 2.32. The zero-order chi connectivity index (χ0) is 11.6. The smallest absolute Gasteiger partial charge is 0.263 e. The predicted octanol–water partition coefficient (Wildman–Crippen LogP) is 3.30. The maximum atomic E-state index is 12.3. The molecule has 0 fully saturated rings. The van der Waals surface area contributed by atoms with E-state index in [1.807, 2.05) is 0 Å². The molecule has 2 nitrogen and oxygen atoms in total. The summed E-state index contributed by atoms with van der Waals surface area (Å²) >= 11 is 3.02. The quantitative estimate of drug-likeness (QED) is 0.681. The minimum absolute atomic E-state index is 0.0859. The van der Waals surface area contributed by atoms with Gasteiger partial charge in [0, 0.05) is 5.56 Å². The third kappa shape index (κ3) is 2.75. The summed E-state index contributed by atoms with van der Waals surface area (Å²) in [5, 5.41) is 9.35. The molecule has 1 unspecified atom stereocenters. The molecule has 15 heavy (non-hydrogen) atoms. The summed E-state index contributed by atoms with van der Waals surface area (Å²) in [5.41, 5.74) is -0.360. The lowest BCUT2D eigenvalue weighted by molar-refractivity contribution is 0.0992. The van der Waals surface area contributed by atoms with Gasteiger partial charge in [0.05, 0.1) is 10.4 Å². The second-order valence-corrected chi connectivity index (χ2v) is 4.43. The van der Waals surface area contributed by atoms with Crippen molar-refractivity contribution in [2.75, 3.05) is 0 Å². The summed E-state index contributed by atoms with van der Waals surface area (Å²) in [6.45, 7) is 1.57. The van der Waals surface area contributed by atoms with E-state index in [1.165, 1.54) is 0 Å². The Hall–Kier alpha value is -0.970. The molecule has 1 atom stereocenters. The van der Waals surface area contributed by atoms with E-state index in [1.54, 1.807) is 6.92 Å². The molecule has 0 aliphatic carbocycles. The average Bonchev–Trinajstić information content (AvgIpc) is 2.16. The summed E-state index contributed by atoms with van der Waals surface area (Å²) in [6, 6.07) is 3.21. The van der Waals surface area contributed by atoms with Gasteiger partial charge in [-0.2, -0.15) is 0 Å². The largest absolute Gasteiger partial charge is 0.507 e. The van der Waals surface area contributed by atoms with Gasteiger partial charge in [0.1, 0.15) is 5.75 Å². The van der Waals surface area contributed by atoms with Gasteiger partial charge in [-0.3, -0.25) is 4.79 Å². The first-order valence-electron chi connectivity index (χ1n) is 4.23. The maximum Gasteiger partial charge on any atom is 0.263 e. The fraction of sp³-hybridized carbons (Fsp3) is 0.300. The van der Waals surface area contributed by atoms with Crippen molar-refractivity contribution in [3.05, 3.63) is 29.3 Å². The predicted molar refractivity (Wildman–Crippen MR) is 55.8 cm³/mol. The van der Waals surface area contributed by atoms with Crippen molar-refractivity contribution in [2.45, 2.75) is 18.2 Å². The van der Waals surface area contributed by atoms with Crippen LogP contribution in [0.25, 0.3) is 0 Å². The highest BCUT2D eigenvalue weighted by Crippen LogP contribution is 2.27. The average molecular weight is 279 g/mol. The molecule has 0 amide bonds. The molecule has 0 radical (unpaired) electrons. The summed E-state index contributed by atoms with van der Waals surface area (Å²) in [4.78, 5) is 11.0. The number of carbonyl (C=O) groups excluding carboxylic acids is 1. The number of carbonyl (C=O) groups is 1. The summed E-state index contributed by atoms with van der Waals surface area (Å²) in [7, 11) is 0. The van der Waals surface area contributed by atoms with Crippen LogP contribution in [-0.2, 0) is 0 Å². The second-order valence-electron chi connectivity index (χ2n) is 3.06. The Labute approximate surface area is 94.0 Å². The van der Waals surface area contributed by atoms with Crippen LogP contribution in [0, 0.1) is 0 Å². The number of benzene rings is 1. The number of Topliss-reactive ketones (excluding diaryl/α,β-unsaturated/α-hetero) is 1. The molecule has 0 heterocycles. The van der Waals surface area contributed by atoms with Crippen molar-refractivity contribution < 1.29 is 18.7 Å². The van der Waals surface area contributed by atoms with Crippen molar-refractivity contribution in [1.29, 1.82) is 0 Å². The van der Waals surface area contributed by atoms with Gasteiger partial charge in [0.15, 0.2) is 5.78 Å². The highest BCUT2D eigenvalue weighted by Gasteiger charge is 2.18. The van der Waals surface area contributed by atoms with Crippen molar-refractivity contribution in [1.82, 2.24) is 0 Å². The van der Waals surface area contributed by atoms with Gasteiger partial charge >= 0.3 is 0 Å². The molecule has 1 aromatic carbocycles. The molecule has 5 heteroatoms. The van der Waals surface area contributed by atoms with Gasteiger partial charge in [-0.15, -0.1) is 0 Å². The van der Waals surface area contributed by atoms with Crippen LogP contribution in [0.1, 0.15) is 29.3 Å². The number of alkyl halides is 3. The van der Waals surface area contributed by atoms with E-state index < -0.39 is 17.0 Å². The van der Waals surface area contributed by atoms with Crippen LogP contribution in [0.15, 0.2) is 18.2 Å². The standard InChI is InChI=1S/C10H9BrF2O2/c1-5(11)9(15)7-4-6(10(12)13)2-3-8(7)14/h2-5,10,14H,1H3. The van der Waals surface area contributed by atoms with E-state index in [4.69, 9.17) is 0 Å². The van der Waals surface area contributed by atoms with Crippen molar-refractivity contribution >= 4 is 21.7 Å². The van der Waals surface area contributed by atoms with Crippen molar-refractivity contribution in [3.8, 4) is 5.75 Å². The van der Waals surface area contributed by atoms with Crippen LogP contribution in [-0.4, -0.2) is 15.7 Å². The Morgan fingerprint density at radius 1 is 1.47 bits per heavy atom. The molecule has 82 valence electrons. The lowest BCUT2D eigenvalue weighted by Crippen LogP contribution is -2.10. The third-order valence-electron chi connectivity index (χ3n) is 1.90. The van der Waals surface area contributed by atoms with Gasteiger partial charge in [0.2, 0.25) is 0 Å². The SMILES string of the molecule is CC(Br)C(=O)c1cc(C(F)F)ccc1O. The van der Waals surface area contributed by atoms with E-state index >= 15 is 0 Å². The second kappa shape index (κ2) is 4.70. The first-order valence-corrected chi connectivity index (χ1v) is 5.14. The van der Waals surface area contributed by atoms with Gasteiger partial charge in [-0.05, 0) is 25.1 Å². The lowest BCUT2D eigenvalue weighted by Gasteiger charge is -2.07. The topological polar surface area (TPSA) is 37.3 Å². The highest BCUT2D eigenvalue weighted by molar-refractivity contribution is 9.10. The molecule has 0 bridgehead atoms. The molecular weight excluding hydrogens is 270 g/mol. The molecule has 0 aromatic heterocycles. The Balaban J connectivity index is 3.16. The first kappa shape index (κ1) is 12.1. The fourth-order valence-electron chi connectivity index (χ4n) is 1.10. The maximum absolute atomic E-state index is 12.3. The van der Waals surface area contributed by atoms with Crippen molar-refractivity contribution in [2.24, 2.45) is 0 Å². The van der Waals surface area contributed by atoms with Crippen LogP contribution in [0.3, 0.4) is 0 Å². The van der Waals surface area contributed by atoms with Crippen LogP contribution in [0.2, 0.25) is 0 Å². The van der Waals surface area contributed by atoms with Gasteiger partial charge in [-0.1, -0.05) is 15.9 Å². The molecule has 1 N–H and O–H groups in total. The van der Waals surface area contributed by atoms with Crippen LogP contribution < -0.4 is 0 Å². The Morgan fingerprint density at radius 2 is 2.07 bits per heavy atom. The number of phenols is 1. The number of halogens is 3. The fourth-order valence-corrected chi connectivity index (χ4v) is 1.35. The molecule has 0 saturated carbocycles. The number of aromatic hydroxyl groups is 1. The van der Waals surface area contributed by atoms with E-state index in [-0.39, 0.29) is 16.9 Å². The number of hydrogen-bond acceptors (Lipinski definition) is 2. The van der Waals surface area contributed by atoms with Crippen molar-refractivity contribution in [3.63, 3.8) is 0 Å². The molecule has 0 saturated heterocycles. The number of hydrogen-bond donors (Lipinski definition) is 1. The zero-order valence-electron chi connectivity index (χ0n) is 7.88. The van der Waals surface area contributed by atoms with E-state index in [2.05, 4.69) is 15.9 Å². The van der Waals surface area contributed by atoms with Gasteiger partial charge in [0.25, 0.3) is 6.43 Å². The van der Waals surface area contributed by atoms with Gasteiger partial charge in [-0.25, -0.2) is 8.78 Å². The Morgan fingerprint density at radius 3 is 2.53 bits per heavy atom. The van der Waals surface area contributed by atoms with Crippen LogP contribution in [0.4, 0.5) is 8.78 Å². The number of ketones is 1. The molecule has 0 aliphatic heterocycles. The summed E-state index contributed by atoms with van der Waals surface area (Å²) in [5.74, 6) is -0.703.